The highest BCUT2D eigenvalue weighted by atomic mass is 79.9. The number of carbonyl (C=O) groups excluding carboxylic acids is 1. The zero-order valence-corrected chi connectivity index (χ0v) is 8.83. The molecule has 3 nitrogen and oxygen atoms in total. The third kappa shape index (κ3) is 1.68. The van der Waals surface area contributed by atoms with Gasteiger partial charge in [0.2, 0.25) is 0 Å². The van der Waals surface area contributed by atoms with Gasteiger partial charge < -0.3 is 0 Å². The Hall–Kier alpha value is -0.640. The number of aromatic nitrogens is 2. The fraction of sp³-hybridized carbons (Fsp3) is 0.556. The van der Waals surface area contributed by atoms with Gasteiger partial charge in [0.15, 0.2) is 6.29 Å². The number of carbonyl (C=O) groups is 1. The molecule has 1 heterocycles. The van der Waals surface area contributed by atoms with E-state index in [1.807, 2.05) is 0 Å². The highest BCUT2D eigenvalue weighted by Gasteiger charge is 2.19. The summed E-state index contributed by atoms with van der Waals surface area (Å²) in [6.45, 7) is 0.889. The predicted octanol–water partition coefficient (Wildman–Crippen LogP) is 2.26. The van der Waals surface area contributed by atoms with Crippen LogP contribution in [0.1, 0.15) is 29.8 Å². The van der Waals surface area contributed by atoms with Crippen molar-refractivity contribution in [3.8, 4) is 0 Å². The molecule has 0 spiro atoms. The third-order valence-electron chi connectivity index (χ3n) is 2.60. The van der Waals surface area contributed by atoms with E-state index in [4.69, 9.17) is 0 Å². The quantitative estimate of drug-likeness (QED) is 0.763. The Balaban J connectivity index is 2.13. The van der Waals surface area contributed by atoms with Crippen LogP contribution in [0, 0.1) is 5.92 Å². The van der Waals surface area contributed by atoms with Gasteiger partial charge in [0.1, 0.15) is 5.69 Å². The molecule has 0 N–H and O–H groups in total. The number of hydrogen-bond acceptors (Lipinski definition) is 2. The highest BCUT2D eigenvalue weighted by molar-refractivity contribution is 9.10. The monoisotopic (exact) mass is 242 g/mol. The third-order valence-corrected chi connectivity index (χ3v) is 3.21. The lowest BCUT2D eigenvalue weighted by molar-refractivity contribution is 0.111. The van der Waals surface area contributed by atoms with Gasteiger partial charge in [0.25, 0.3) is 0 Å². The number of rotatable bonds is 3. The minimum Gasteiger partial charge on any atom is -0.296 e. The van der Waals surface area contributed by atoms with E-state index >= 15 is 0 Å². The van der Waals surface area contributed by atoms with Gasteiger partial charge in [0.05, 0.1) is 10.7 Å². The van der Waals surface area contributed by atoms with Gasteiger partial charge >= 0.3 is 0 Å². The van der Waals surface area contributed by atoms with Crippen LogP contribution in [-0.4, -0.2) is 16.1 Å². The fourth-order valence-corrected chi connectivity index (χ4v) is 1.94. The first-order chi connectivity index (χ1) is 6.31. The maximum atomic E-state index is 10.7. The molecule has 2 rings (SSSR count). The number of aldehydes is 1. The van der Waals surface area contributed by atoms with Crippen molar-refractivity contribution in [1.82, 2.24) is 9.78 Å². The summed E-state index contributed by atoms with van der Waals surface area (Å²) in [5, 5.41) is 4.15. The van der Waals surface area contributed by atoms with E-state index < -0.39 is 0 Å². The molecule has 1 aromatic heterocycles. The Kier molecular flexibility index (Phi) is 2.49. The summed E-state index contributed by atoms with van der Waals surface area (Å²) < 4.78 is 2.59. The van der Waals surface area contributed by atoms with E-state index in [-0.39, 0.29) is 0 Å². The molecular formula is C9H11BrN2O. The summed E-state index contributed by atoms with van der Waals surface area (Å²) in [6, 6.07) is 0. The standard InChI is InChI=1S/C9H11BrN2O/c10-8-4-11-12(9(8)6-13)5-7-2-1-3-7/h4,6-7H,1-3,5H2. The second-order valence-electron chi connectivity index (χ2n) is 3.47. The van der Waals surface area contributed by atoms with E-state index in [1.54, 1.807) is 10.9 Å². The molecule has 0 aliphatic heterocycles. The van der Waals surface area contributed by atoms with Crippen LogP contribution in [0.4, 0.5) is 0 Å². The highest BCUT2D eigenvalue weighted by Crippen LogP contribution is 2.28. The topological polar surface area (TPSA) is 34.9 Å². The number of hydrogen-bond donors (Lipinski definition) is 0. The largest absolute Gasteiger partial charge is 0.296 e. The smallest absolute Gasteiger partial charge is 0.169 e. The molecule has 1 aliphatic carbocycles. The van der Waals surface area contributed by atoms with Gasteiger partial charge in [-0.1, -0.05) is 6.42 Å². The lowest BCUT2D eigenvalue weighted by atomic mass is 9.85. The first kappa shape index (κ1) is 8.94. The molecule has 1 aromatic rings. The van der Waals surface area contributed by atoms with E-state index in [2.05, 4.69) is 21.0 Å². The molecule has 70 valence electrons. The molecule has 0 bridgehead atoms. The van der Waals surface area contributed by atoms with Gasteiger partial charge in [-0.25, -0.2) is 0 Å². The summed E-state index contributed by atoms with van der Waals surface area (Å²) in [5.74, 6) is 0.727. The Labute approximate surface area is 85.3 Å². The zero-order chi connectivity index (χ0) is 9.26. The van der Waals surface area contributed by atoms with Crippen LogP contribution < -0.4 is 0 Å². The Morgan fingerprint density at radius 2 is 2.46 bits per heavy atom. The molecule has 13 heavy (non-hydrogen) atoms. The van der Waals surface area contributed by atoms with Crippen molar-refractivity contribution >= 4 is 22.2 Å². The van der Waals surface area contributed by atoms with Crippen molar-refractivity contribution in [2.45, 2.75) is 25.8 Å². The van der Waals surface area contributed by atoms with Crippen LogP contribution in [0.2, 0.25) is 0 Å². The molecule has 0 unspecified atom stereocenters. The predicted molar refractivity (Wildman–Crippen MR) is 52.7 cm³/mol. The van der Waals surface area contributed by atoms with Gasteiger partial charge in [0, 0.05) is 6.54 Å². The SMILES string of the molecule is O=Cc1c(Br)cnn1CC1CCC1. The van der Waals surface area contributed by atoms with Crippen molar-refractivity contribution in [1.29, 1.82) is 0 Å². The molecule has 1 aliphatic rings. The van der Waals surface area contributed by atoms with E-state index in [9.17, 15) is 4.79 Å². The summed E-state index contributed by atoms with van der Waals surface area (Å²) in [6.07, 6.45) is 6.41. The summed E-state index contributed by atoms with van der Waals surface area (Å²) >= 11 is 3.29. The maximum Gasteiger partial charge on any atom is 0.169 e. The van der Waals surface area contributed by atoms with E-state index in [0.29, 0.717) is 5.69 Å². The molecule has 1 saturated carbocycles. The van der Waals surface area contributed by atoms with Crippen molar-refractivity contribution in [3.05, 3.63) is 16.4 Å². The molecule has 0 aromatic carbocycles. The molecule has 1 fully saturated rings. The van der Waals surface area contributed by atoms with Crippen LogP contribution in [-0.2, 0) is 6.54 Å². The molecule has 0 saturated heterocycles. The second-order valence-corrected chi connectivity index (χ2v) is 4.33. The lowest BCUT2D eigenvalue weighted by Gasteiger charge is -2.25. The van der Waals surface area contributed by atoms with Crippen LogP contribution in [0.3, 0.4) is 0 Å². The minimum absolute atomic E-state index is 0.659. The van der Waals surface area contributed by atoms with Gasteiger partial charge in [-0.3, -0.25) is 9.48 Å². The Morgan fingerprint density at radius 1 is 1.69 bits per heavy atom. The van der Waals surface area contributed by atoms with Crippen molar-refractivity contribution < 1.29 is 4.79 Å². The molecular weight excluding hydrogens is 232 g/mol. The van der Waals surface area contributed by atoms with Crippen molar-refractivity contribution in [2.24, 2.45) is 5.92 Å². The second kappa shape index (κ2) is 3.62. The van der Waals surface area contributed by atoms with Gasteiger partial charge in [-0.05, 0) is 34.7 Å². The Bertz CT molecular complexity index is 317. The normalized spacial score (nSPS) is 17.0. The van der Waals surface area contributed by atoms with Crippen LogP contribution in [0.15, 0.2) is 10.7 Å². The molecule has 0 radical (unpaired) electrons. The summed E-state index contributed by atoms with van der Waals surface area (Å²) in [4.78, 5) is 10.7. The summed E-state index contributed by atoms with van der Waals surface area (Å²) in [5.41, 5.74) is 0.659. The van der Waals surface area contributed by atoms with E-state index in [1.165, 1.54) is 19.3 Å². The fourth-order valence-electron chi connectivity index (χ4n) is 1.55. The van der Waals surface area contributed by atoms with Crippen LogP contribution in [0.5, 0.6) is 0 Å². The van der Waals surface area contributed by atoms with Crippen LogP contribution in [0.25, 0.3) is 0 Å². The number of nitrogens with zero attached hydrogens (tertiary/aromatic N) is 2. The average Bonchev–Trinajstić information content (AvgIpc) is 2.39. The molecule has 4 heteroatoms. The zero-order valence-electron chi connectivity index (χ0n) is 7.24. The summed E-state index contributed by atoms with van der Waals surface area (Å²) in [7, 11) is 0. The maximum absolute atomic E-state index is 10.7. The van der Waals surface area contributed by atoms with Gasteiger partial charge in [-0.2, -0.15) is 5.10 Å². The lowest BCUT2D eigenvalue weighted by Crippen LogP contribution is -2.20. The molecule has 0 amide bonds. The van der Waals surface area contributed by atoms with Crippen molar-refractivity contribution in [2.75, 3.05) is 0 Å². The average molecular weight is 243 g/mol. The minimum atomic E-state index is 0.659. The van der Waals surface area contributed by atoms with Crippen LogP contribution >= 0.6 is 15.9 Å². The Morgan fingerprint density at radius 3 is 3.00 bits per heavy atom. The molecule has 0 atom stereocenters. The number of halogens is 1. The van der Waals surface area contributed by atoms with Gasteiger partial charge in [-0.15, -0.1) is 0 Å². The van der Waals surface area contributed by atoms with Crippen molar-refractivity contribution in [3.63, 3.8) is 0 Å². The van der Waals surface area contributed by atoms with E-state index in [0.717, 1.165) is 23.2 Å². The first-order valence-electron chi connectivity index (χ1n) is 4.47. The first-order valence-corrected chi connectivity index (χ1v) is 5.27.